The lowest BCUT2D eigenvalue weighted by atomic mass is 10.1. The monoisotopic (exact) mass is 228 g/mol. The van der Waals surface area contributed by atoms with Crippen LogP contribution in [0.4, 0.5) is 13.2 Å². The average molecular weight is 229 g/mol. The molecule has 0 saturated heterocycles. The summed E-state index contributed by atoms with van der Waals surface area (Å²) in [7, 11) is 0. The Morgan fingerprint density at radius 2 is 2.00 bits per heavy atom. The fourth-order valence-corrected chi connectivity index (χ4v) is 0.860. The van der Waals surface area contributed by atoms with Crippen LogP contribution in [0.5, 0.6) is 0 Å². The molecule has 0 radical (unpaired) electrons. The van der Waals surface area contributed by atoms with Gasteiger partial charge >= 0.3 is 6.18 Å². The summed E-state index contributed by atoms with van der Waals surface area (Å²) in [6.07, 6.45) is -1.58. The van der Waals surface area contributed by atoms with E-state index in [0.717, 1.165) is 6.92 Å². The van der Waals surface area contributed by atoms with Crippen LogP contribution in [0.1, 0.15) is 6.92 Å². The number of alkyl halides is 3. The van der Waals surface area contributed by atoms with Crippen molar-refractivity contribution in [2.24, 2.45) is 5.92 Å². The van der Waals surface area contributed by atoms with E-state index in [4.69, 9.17) is 0 Å². The van der Waals surface area contributed by atoms with Gasteiger partial charge in [-0.2, -0.15) is 13.2 Å². The van der Waals surface area contributed by atoms with E-state index in [-0.39, 0.29) is 4.48 Å². The minimum atomic E-state index is -4.18. The first-order chi connectivity index (χ1) is 4.89. The molecule has 0 nitrogen and oxygen atoms in total. The molecule has 0 heterocycles. The summed E-state index contributed by atoms with van der Waals surface area (Å²) < 4.78 is 35.9. The van der Waals surface area contributed by atoms with Crippen LogP contribution in [0.2, 0.25) is 0 Å². The number of halogens is 4. The molecule has 0 aromatic carbocycles. The van der Waals surface area contributed by atoms with E-state index in [9.17, 15) is 13.2 Å². The predicted octanol–water partition coefficient (Wildman–Crippen LogP) is 3.65. The Balaban J connectivity index is 4.36. The molecule has 0 amide bonds. The molecule has 0 N–H and O–H groups in total. The molecule has 0 aromatic heterocycles. The quantitative estimate of drug-likeness (QED) is 0.634. The van der Waals surface area contributed by atoms with E-state index in [1.54, 1.807) is 0 Å². The van der Waals surface area contributed by atoms with Crippen LogP contribution < -0.4 is 0 Å². The molecule has 0 aliphatic carbocycles. The van der Waals surface area contributed by atoms with Gasteiger partial charge in [0.2, 0.25) is 0 Å². The van der Waals surface area contributed by atoms with Crippen molar-refractivity contribution in [1.82, 2.24) is 0 Å². The summed E-state index contributed by atoms with van der Waals surface area (Å²) in [5.41, 5.74) is 0. The van der Waals surface area contributed by atoms with Gasteiger partial charge in [-0.25, -0.2) is 0 Å². The van der Waals surface area contributed by atoms with Gasteiger partial charge in [0.05, 0.1) is 5.92 Å². The third-order valence-corrected chi connectivity index (χ3v) is 2.13. The molecule has 64 valence electrons. The van der Waals surface area contributed by atoms with Crippen LogP contribution in [0.25, 0.3) is 0 Å². The third kappa shape index (κ3) is 3.60. The van der Waals surface area contributed by atoms with Crippen molar-refractivity contribution in [2.75, 3.05) is 0 Å². The maximum absolute atomic E-state index is 11.9. The van der Waals surface area contributed by atoms with E-state index >= 15 is 0 Å². The molecule has 0 spiro atoms. The molecule has 0 aliphatic heterocycles. The highest BCUT2D eigenvalue weighted by molar-refractivity contribution is 9.11. The van der Waals surface area contributed by atoms with E-state index in [0.29, 0.717) is 0 Å². The van der Waals surface area contributed by atoms with E-state index in [2.05, 4.69) is 22.5 Å². The van der Waals surface area contributed by atoms with Crippen molar-refractivity contribution >= 4 is 15.9 Å². The zero-order chi connectivity index (χ0) is 9.07. The maximum Gasteiger partial charge on any atom is 0.395 e. The SMILES string of the molecule is C=C/C=C(/Br)C(C)C(F)(F)F. The average Bonchev–Trinajstić information content (AvgIpc) is 1.85. The van der Waals surface area contributed by atoms with Gasteiger partial charge < -0.3 is 0 Å². The molecule has 0 aromatic rings. The lowest BCUT2D eigenvalue weighted by Gasteiger charge is -2.14. The van der Waals surface area contributed by atoms with Crippen molar-refractivity contribution in [2.45, 2.75) is 13.1 Å². The van der Waals surface area contributed by atoms with Crippen LogP contribution in [0.15, 0.2) is 23.2 Å². The Hall–Kier alpha value is -0.250. The van der Waals surface area contributed by atoms with Crippen LogP contribution in [-0.4, -0.2) is 6.18 Å². The molecule has 1 unspecified atom stereocenters. The molecule has 0 rings (SSSR count). The van der Waals surface area contributed by atoms with Crippen molar-refractivity contribution in [3.8, 4) is 0 Å². The Bertz CT molecular complexity index is 169. The van der Waals surface area contributed by atoms with Crippen LogP contribution in [0, 0.1) is 5.92 Å². The summed E-state index contributed by atoms with van der Waals surface area (Å²) in [4.78, 5) is 0. The Labute approximate surface area is 71.9 Å². The second kappa shape index (κ2) is 3.95. The van der Waals surface area contributed by atoms with Gasteiger partial charge in [-0.05, 0) is 6.92 Å². The van der Waals surface area contributed by atoms with Gasteiger partial charge in [-0.3, -0.25) is 0 Å². The van der Waals surface area contributed by atoms with E-state index < -0.39 is 12.1 Å². The highest BCUT2D eigenvalue weighted by atomic mass is 79.9. The standard InChI is InChI=1S/C7H8BrF3/c1-3-4-6(8)5(2)7(9,10)11/h3-5H,1H2,2H3/b6-4+. The molecule has 0 fully saturated rings. The lowest BCUT2D eigenvalue weighted by molar-refractivity contribution is -0.157. The summed E-state index contributed by atoms with van der Waals surface area (Å²) >= 11 is 2.81. The molecule has 11 heavy (non-hydrogen) atoms. The van der Waals surface area contributed by atoms with Crippen LogP contribution in [0.3, 0.4) is 0 Å². The van der Waals surface area contributed by atoms with Crippen molar-refractivity contribution in [3.05, 3.63) is 23.2 Å². The molecule has 1 atom stereocenters. The number of allylic oxidation sites excluding steroid dienone is 3. The van der Waals surface area contributed by atoms with Crippen LogP contribution >= 0.6 is 15.9 Å². The predicted molar refractivity (Wildman–Crippen MR) is 42.4 cm³/mol. The number of hydrogen-bond donors (Lipinski definition) is 0. The Morgan fingerprint density at radius 3 is 2.27 bits per heavy atom. The first-order valence-electron chi connectivity index (χ1n) is 2.94. The molecule has 0 saturated carbocycles. The van der Waals surface area contributed by atoms with Crippen molar-refractivity contribution < 1.29 is 13.2 Å². The molecule has 0 aliphatic rings. The summed E-state index contributed by atoms with van der Waals surface area (Å²) in [5, 5.41) is 0. The van der Waals surface area contributed by atoms with Gasteiger partial charge in [0.1, 0.15) is 0 Å². The lowest BCUT2D eigenvalue weighted by Crippen LogP contribution is -2.19. The molecule has 0 bridgehead atoms. The minimum Gasteiger partial charge on any atom is -0.170 e. The van der Waals surface area contributed by atoms with Crippen molar-refractivity contribution in [3.63, 3.8) is 0 Å². The number of hydrogen-bond acceptors (Lipinski definition) is 0. The summed E-state index contributed by atoms with van der Waals surface area (Å²) in [6.45, 7) is 4.38. The largest absolute Gasteiger partial charge is 0.395 e. The molecular formula is C7H8BrF3. The second-order valence-corrected chi connectivity index (χ2v) is 2.97. The normalized spacial score (nSPS) is 16.3. The first-order valence-corrected chi connectivity index (χ1v) is 3.73. The summed E-state index contributed by atoms with van der Waals surface area (Å²) in [6, 6.07) is 0. The van der Waals surface area contributed by atoms with Gasteiger partial charge in [0.25, 0.3) is 0 Å². The number of rotatable bonds is 2. The van der Waals surface area contributed by atoms with Gasteiger partial charge in [0, 0.05) is 4.48 Å². The van der Waals surface area contributed by atoms with Crippen molar-refractivity contribution in [1.29, 1.82) is 0 Å². The Kier molecular flexibility index (Phi) is 3.86. The van der Waals surface area contributed by atoms with Gasteiger partial charge in [-0.1, -0.05) is 34.7 Å². The Morgan fingerprint density at radius 1 is 1.55 bits per heavy atom. The smallest absolute Gasteiger partial charge is 0.170 e. The highest BCUT2D eigenvalue weighted by Gasteiger charge is 2.37. The van der Waals surface area contributed by atoms with Gasteiger partial charge in [-0.15, -0.1) is 0 Å². The fraction of sp³-hybridized carbons (Fsp3) is 0.429. The zero-order valence-electron chi connectivity index (χ0n) is 5.95. The minimum absolute atomic E-state index is 0.0972. The van der Waals surface area contributed by atoms with E-state index in [1.165, 1.54) is 12.2 Å². The molecular weight excluding hydrogens is 221 g/mol. The van der Waals surface area contributed by atoms with Crippen LogP contribution in [-0.2, 0) is 0 Å². The fourth-order valence-electron chi connectivity index (χ4n) is 0.413. The van der Waals surface area contributed by atoms with Gasteiger partial charge in [0.15, 0.2) is 0 Å². The first kappa shape index (κ1) is 10.8. The highest BCUT2D eigenvalue weighted by Crippen LogP contribution is 2.33. The summed E-state index contributed by atoms with van der Waals surface area (Å²) in [5.74, 6) is -1.46. The zero-order valence-corrected chi connectivity index (χ0v) is 7.54. The molecule has 4 heteroatoms. The third-order valence-electron chi connectivity index (χ3n) is 1.18. The second-order valence-electron chi connectivity index (χ2n) is 2.05. The topological polar surface area (TPSA) is 0 Å². The maximum atomic E-state index is 11.9. The van der Waals surface area contributed by atoms with E-state index in [1.807, 2.05) is 0 Å².